The van der Waals surface area contributed by atoms with Gasteiger partial charge in [0.15, 0.2) is 0 Å². The second-order valence-electron chi connectivity index (χ2n) is 6.32. The van der Waals surface area contributed by atoms with E-state index in [9.17, 15) is 0 Å². The molecule has 2 heteroatoms. The van der Waals surface area contributed by atoms with Crippen molar-refractivity contribution in [1.29, 1.82) is 0 Å². The van der Waals surface area contributed by atoms with E-state index < -0.39 is 0 Å². The van der Waals surface area contributed by atoms with E-state index in [1.807, 2.05) is 0 Å². The van der Waals surface area contributed by atoms with Crippen molar-refractivity contribution < 1.29 is 4.74 Å². The quantitative estimate of drug-likeness (QED) is 0.457. The Morgan fingerprint density at radius 3 is 2.42 bits per heavy atom. The van der Waals surface area contributed by atoms with E-state index in [2.05, 4.69) is 37.9 Å². The molecule has 0 aromatic rings. The molecule has 1 aliphatic carbocycles. The van der Waals surface area contributed by atoms with Crippen LogP contribution in [0.25, 0.3) is 0 Å². The van der Waals surface area contributed by atoms with Gasteiger partial charge in [-0.05, 0) is 64.5 Å². The summed E-state index contributed by atoms with van der Waals surface area (Å²) in [6, 6.07) is 0. The van der Waals surface area contributed by atoms with Crippen LogP contribution in [0.3, 0.4) is 0 Å². The lowest BCUT2D eigenvalue weighted by Crippen LogP contribution is -2.24. The van der Waals surface area contributed by atoms with Crippen molar-refractivity contribution in [3.8, 4) is 0 Å². The van der Waals surface area contributed by atoms with Crippen LogP contribution in [0.5, 0.6) is 0 Å². The fourth-order valence-corrected chi connectivity index (χ4v) is 2.88. The van der Waals surface area contributed by atoms with E-state index in [-0.39, 0.29) is 0 Å². The van der Waals surface area contributed by atoms with Gasteiger partial charge in [-0.25, -0.2) is 0 Å². The first kappa shape index (κ1) is 16.7. The molecule has 0 saturated heterocycles. The summed E-state index contributed by atoms with van der Waals surface area (Å²) in [6.07, 6.45) is 14.2. The molecule has 112 valence electrons. The third kappa shape index (κ3) is 7.74. The minimum atomic E-state index is 0.591. The van der Waals surface area contributed by atoms with Crippen molar-refractivity contribution in [2.24, 2.45) is 5.41 Å². The molecule has 0 aliphatic heterocycles. The Hall–Kier alpha value is -0.340. The molecule has 0 aromatic carbocycles. The second-order valence-corrected chi connectivity index (χ2v) is 6.32. The molecule has 0 saturated carbocycles. The maximum Gasteiger partial charge on any atom is 0.0593 e. The number of ether oxygens (including phenoxy) is 1. The molecule has 0 heterocycles. The van der Waals surface area contributed by atoms with E-state index in [1.54, 1.807) is 0 Å². The van der Waals surface area contributed by atoms with Crippen molar-refractivity contribution in [2.45, 2.75) is 58.8 Å². The fraction of sp³-hybridized carbons (Fsp3) is 0.882. The van der Waals surface area contributed by atoms with Gasteiger partial charge in [-0.2, -0.15) is 0 Å². The number of allylic oxidation sites excluding steroid dienone is 2. The molecule has 0 N–H and O–H groups in total. The van der Waals surface area contributed by atoms with Crippen LogP contribution in [0.1, 0.15) is 58.8 Å². The van der Waals surface area contributed by atoms with Crippen LogP contribution in [0.15, 0.2) is 12.2 Å². The van der Waals surface area contributed by atoms with Crippen LogP contribution >= 0.6 is 0 Å². The van der Waals surface area contributed by atoms with Gasteiger partial charge in [0.2, 0.25) is 0 Å². The van der Waals surface area contributed by atoms with Crippen LogP contribution in [0.4, 0.5) is 0 Å². The molecule has 1 aliphatic rings. The van der Waals surface area contributed by atoms with Gasteiger partial charge < -0.3 is 9.64 Å². The van der Waals surface area contributed by atoms with E-state index in [4.69, 9.17) is 4.74 Å². The highest BCUT2D eigenvalue weighted by molar-refractivity contribution is 4.91. The van der Waals surface area contributed by atoms with Gasteiger partial charge in [-0.1, -0.05) is 25.5 Å². The summed E-state index contributed by atoms with van der Waals surface area (Å²) in [5.41, 5.74) is 0.591. The molecule has 0 amide bonds. The molecule has 0 radical (unpaired) electrons. The molecule has 0 bridgehead atoms. The zero-order chi connectivity index (χ0) is 14.0. The van der Waals surface area contributed by atoms with Crippen molar-refractivity contribution in [3.05, 3.63) is 12.2 Å². The summed E-state index contributed by atoms with van der Waals surface area (Å²) in [7, 11) is 2.20. The van der Waals surface area contributed by atoms with Gasteiger partial charge in [0.1, 0.15) is 0 Å². The summed E-state index contributed by atoms with van der Waals surface area (Å²) in [4.78, 5) is 2.40. The maximum absolute atomic E-state index is 5.39. The summed E-state index contributed by atoms with van der Waals surface area (Å²) < 4.78 is 5.39. The maximum atomic E-state index is 5.39. The number of nitrogens with zero attached hydrogens (tertiary/aromatic N) is 1. The van der Waals surface area contributed by atoms with Crippen molar-refractivity contribution in [3.63, 3.8) is 0 Å². The van der Waals surface area contributed by atoms with Crippen molar-refractivity contribution in [1.82, 2.24) is 4.90 Å². The van der Waals surface area contributed by atoms with Gasteiger partial charge in [-0.3, -0.25) is 0 Å². The van der Waals surface area contributed by atoms with E-state index in [0.29, 0.717) is 5.41 Å². The average molecular weight is 267 g/mol. The number of hydrogen-bond donors (Lipinski definition) is 0. The molecule has 0 aromatic heterocycles. The monoisotopic (exact) mass is 267 g/mol. The average Bonchev–Trinajstić information content (AvgIpc) is 2.60. The van der Waals surface area contributed by atoms with Gasteiger partial charge >= 0.3 is 0 Å². The molecule has 2 nitrogen and oxygen atoms in total. The summed E-state index contributed by atoms with van der Waals surface area (Å²) >= 11 is 0. The number of unbranched alkanes of at least 4 members (excludes halogenated alkanes) is 1. The predicted octanol–water partition coefficient (Wildman–Crippen LogP) is 4.26. The third-order valence-corrected chi connectivity index (χ3v) is 4.39. The Bertz CT molecular complexity index is 240. The van der Waals surface area contributed by atoms with Gasteiger partial charge in [0, 0.05) is 13.2 Å². The molecule has 0 fully saturated rings. The Labute approximate surface area is 120 Å². The fourth-order valence-electron chi connectivity index (χ4n) is 2.88. The van der Waals surface area contributed by atoms with Crippen molar-refractivity contribution >= 4 is 0 Å². The molecule has 19 heavy (non-hydrogen) atoms. The zero-order valence-corrected chi connectivity index (χ0v) is 13.3. The third-order valence-electron chi connectivity index (χ3n) is 4.39. The SMILES string of the molecule is CCOCCN(C)CCCCC1(C)CCC=CCC1. The van der Waals surface area contributed by atoms with Crippen LogP contribution in [0, 0.1) is 5.41 Å². The van der Waals surface area contributed by atoms with Gasteiger partial charge in [0.05, 0.1) is 6.61 Å². The van der Waals surface area contributed by atoms with E-state index >= 15 is 0 Å². The molecule has 0 atom stereocenters. The summed E-state index contributed by atoms with van der Waals surface area (Å²) in [6.45, 7) is 8.52. The van der Waals surface area contributed by atoms with E-state index in [0.717, 1.165) is 19.8 Å². The largest absolute Gasteiger partial charge is 0.380 e. The minimum absolute atomic E-state index is 0.591. The Morgan fingerprint density at radius 2 is 1.79 bits per heavy atom. The molecule has 1 rings (SSSR count). The lowest BCUT2D eigenvalue weighted by Gasteiger charge is -2.28. The number of likely N-dealkylation sites (N-methyl/N-ethyl adjacent to an activating group) is 1. The van der Waals surface area contributed by atoms with E-state index in [1.165, 1.54) is 51.5 Å². The van der Waals surface area contributed by atoms with Crippen molar-refractivity contribution in [2.75, 3.05) is 33.4 Å². The first-order chi connectivity index (χ1) is 9.16. The first-order valence-corrected chi connectivity index (χ1v) is 8.07. The standard InChI is InChI=1S/C17H33NO/c1-4-19-16-15-18(3)14-10-9-13-17(2)11-7-5-6-8-12-17/h5-6H,4,7-16H2,1-3H3. The van der Waals surface area contributed by atoms with Crippen LogP contribution in [0.2, 0.25) is 0 Å². The second kappa shape index (κ2) is 9.55. The highest BCUT2D eigenvalue weighted by atomic mass is 16.5. The molecule has 0 unspecified atom stereocenters. The highest BCUT2D eigenvalue weighted by Gasteiger charge is 2.23. The lowest BCUT2D eigenvalue weighted by atomic mass is 9.78. The van der Waals surface area contributed by atoms with Crippen LogP contribution < -0.4 is 0 Å². The predicted molar refractivity (Wildman–Crippen MR) is 83.6 cm³/mol. The summed E-state index contributed by atoms with van der Waals surface area (Å²) in [5, 5.41) is 0. The number of rotatable bonds is 9. The first-order valence-electron chi connectivity index (χ1n) is 8.07. The Balaban J connectivity index is 2.06. The molecular formula is C17H33NO. The van der Waals surface area contributed by atoms with Crippen LogP contribution in [-0.2, 0) is 4.74 Å². The highest BCUT2D eigenvalue weighted by Crippen LogP contribution is 2.36. The number of hydrogen-bond acceptors (Lipinski definition) is 2. The Morgan fingerprint density at radius 1 is 1.11 bits per heavy atom. The zero-order valence-electron chi connectivity index (χ0n) is 13.3. The normalized spacial score (nSPS) is 18.7. The smallest absolute Gasteiger partial charge is 0.0593 e. The van der Waals surface area contributed by atoms with Gasteiger partial charge in [-0.15, -0.1) is 0 Å². The van der Waals surface area contributed by atoms with Gasteiger partial charge in [0.25, 0.3) is 0 Å². The van der Waals surface area contributed by atoms with Crippen LogP contribution in [-0.4, -0.2) is 38.3 Å². The summed E-state index contributed by atoms with van der Waals surface area (Å²) in [5.74, 6) is 0. The topological polar surface area (TPSA) is 12.5 Å². The molecule has 0 spiro atoms. The Kier molecular flexibility index (Phi) is 8.40. The minimum Gasteiger partial charge on any atom is -0.380 e. The lowest BCUT2D eigenvalue weighted by molar-refractivity contribution is 0.121. The molecular weight excluding hydrogens is 234 g/mol.